The summed E-state index contributed by atoms with van der Waals surface area (Å²) in [5, 5.41) is 22.8. The fourth-order valence-corrected chi connectivity index (χ4v) is 2.98. The Balaban J connectivity index is 1.77. The molecule has 192 valence electrons. The molecule has 0 fully saturated rings. The predicted octanol–water partition coefficient (Wildman–Crippen LogP) is 3.97. The Hall–Kier alpha value is -3.94. The molecule has 2 heterocycles. The lowest BCUT2D eigenvalue weighted by atomic mass is 10.2. The number of carbonyl (C=O) groups excluding carboxylic acids is 1. The van der Waals surface area contributed by atoms with Crippen molar-refractivity contribution in [3.63, 3.8) is 0 Å². The molecule has 0 aliphatic carbocycles. The average Bonchev–Trinajstić information content (AvgIpc) is 3.18. The molecule has 1 unspecified atom stereocenters. The Morgan fingerprint density at radius 2 is 1.89 bits per heavy atom. The normalized spacial score (nSPS) is 12.2. The van der Waals surface area contributed by atoms with Gasteiger partial charge in [-0.3, -0.25) is 4.79 Å². The van der Waals surface area contributed by atoms with Gasteiger partial charge in [-0.25, -0.2) is 22.9 Å². The molecule has 0 aliphatic heterocycles. The summed E-state index contributed by atoms with van der Waals surface area (Å²) in [6.07, 6.45) is -0.287. The number of aromatic nitrogens is 5. The number of carboxylic acid groups (broad SMARTS) is 1. The molecule has 3 aromatic rings. The molecule has 11 nitrogen and oxygen atoms in total. The quantitative estimate of drug-likeness (QED) is 0.444. The van der Waals surface area contributed by atoms with E-state index in [-0.39, 0.29) is 17.4 Å². The van der Waals surface area contributed by atoms with Crippen LogP contribution in [-0.2, 0) is 16.1 Å². The van der Waals surface area contributed by atoms with Crippen molar-refractivity contribution in [2.24, 2.45) is 0 Å². The first kappa shape index (κ1) is 26.7. The molecule has 0 saturated heterocycles. The van der Waals surface area contributed by atoms with Gasteiger partial charge in [0, 0.05) is 12.3 Å². The van der Waals surface area contributed by atoms with Crippen LogP contribution in [0, 0.1) is 17.5 Å². The number of hydrogen-bond donors (Lipinski definition) is 2. The largest absolute Gasteiger partial charge is 0.481 e. The molecule has 15 heteroatoms. The first-order valence-corrected chi connectivity index (χ1v) is 10.7. The van der Waals surface area contributed by atoms with Gasteiger partial charge in [0.25, 0.3) is 5.88 Å². The van der Waals surface area contributed by atoms with Crippen LogP contribution in [0.15, 0.2) is 24.4 Å². The molecule has 1 aromatic carbocycles. The molecule has 0 bridgehead atoms. The molecule has 0 radical (unpaired) electrons. The fourth-order valence-electron chi connectivity index (χ4n) is 2.83. The van der Waals surface area contributed by atoms with E-state index in [1.165, 1.54) is 0 Å². The molecule has 0 saturated carbocycles. The van der Waals surface area contributed by atoms with Crippen molar-refractivity contribution in [1.29, 1.82) is 0 Å². The summed E-state index contributed by atoms with van der Waals surface area (Å²) < 4.78 is 53.3. The maximum absolute atomic E-state index is 14.7. The summed E-state index contributed by atoms with van der Waals surface area (Å²) in [6, 6.07) is 1.26. The SMILES string of the molecule is CC(C)(C)OC(=O)NC(CC(=O)O)Cn1nnc(-c2cc(F)c(Oc3ncc(Cl)cc3F)cc2F)n1. The number of ether oxygens (including phenoxy) is 2. The van der Waals surface area contributed by atoms with Gasteiger partial charge in [0.05, 0.1) is 29.6 Å². The van der Waals surface area contributed by atoms with Crippen LogP contribution in [0.25, 0.3) is 11.4 Å². The maximum atomic E-state index is 14.7. The second-order valence-corrected chi connectivity index (χ2v) is 8.85. The number of rotatable bonds is 8. The highest BCUT2D eigenvalue weighted by Crippen LogP contribution is 2.31. The summed E-state index contributed by atoms with van der Waals surface area (Å²) in [5.74, 6) is -5.89. The zero-order chi connectivity index (χ0) is 26.6. The van der Waals surface area contributed by atoms with Crippen LogP contribution in [-0.4, -0.2) is 54.0 Å². The number of carbonyl (C=O) groups is 2. The Bertz CT molecular complexity index is 1280. The van der Waals surface area contributed by atoms with E-state index in [1.54, 1.807) is 20.8 Å². The van der Waals surface area contributed by atoms with E-state index in [9.17, 15) is 22.8 Å². The highest BCUT2D eigenvalue weighted by Gasteiger charge is 2.24. The lowest BCUT2D eigenvalue weighted by Gasteiger charge is -2.22. The lowest BCUT2D eigenvalue weighted by Crippen LogP contribution is -2.42. The topological polar surface area (TPSA) is 141 Å². The van der Waals surface area contributed by atoms with Gasteiger partial charge in [0.2, 0.25) is 5.82 Å². The second kappa shape index (κ2) is 10.8. The van der Waals surface area contributed by atoms with E-state index >= 15 is 0 Å². The smallest absolute Gasteiger partial charge is 0.407 e. The third-order valence-electron chi connectivity index (χ3n) is 4.22. The predicted molar refractivity (Wildman–Crippen MR) is 118 cm³/mol. The minimum Gasteiger partial charge on any atom is -0.481 e. The molecular formula is C21H20ClF3N6O5. The number of benzene rings is 1. The van der Waals surface area contributed by atoms with E-state index in [1.807, 2.05) is 0 Å². The van der Waals surface area contributed by atoms with E-state index < -0.39 is 64.8 Å². The monoisotopic (exact) mass is 528 g/mol. The zero-order valence-corrected chi connectivity index (χ0v) is 19.9. The molecule has 0 spiro atoms. The first-order chi connectivity index (χ1) is 16.8. The fraction of sp³-hybridized carbons (Fsp3) is 0.333. The molecule has 1 amide bonds. The molecule has 3 rings (SSSR count). The van der Waals surface area contributed by atoms with Crippen LogP contribution in [0.3, 0.4) is 0 Å². The number of hydrogen-bond acceptors (Lipinski definition) is 8. The van der Waals surface area contributed by atoms with Gasteiger partial charge in [0.1, 0.15) is 11.4 Å². The van der Waals surface area contributed by atoms with Gasteiger partial charge < -0.3 is 19.9 Å². The standard InChI is InChI=1S/C21H20ClF3N6O5/c1-21(2,3)36-20(34)27-11(5-17(32)33)9-31-29-18(28-30-31)12-6-14(24)16(7-13(12)23)35-19-15(25)4-10(22)8-26-19/h4,6-8,11H,5,9H2,1-3H3,(H,27,34)(H,32,33). The second-order valence-electron chi connectivity index (χ2n) is 8.41. The number of pyridine rings is 1. The highest BCUT2D eigenvalue weighted by molar-refractivity contribution is 6.30. The molecule has 2 N–H and O–H groups in total. The Morgan fingerprint density at radius 1 is 1.17 bits per heavy atom. The van der Waals surface area contributed by atoms with Crippen molar-refractivity contribution < 1.29 is 37.3 Å². The van der Waals surface area contributed by atoms with Gasteiger partial charge in [-0.15, -0.1) is 10.2 Å². The number of tetrazole rings is 1. The van der Waals surface area contributed by atoms with Crippen molar-refractivity contribution >= 4 is 23.7 Å². The molecule has 36 heavy (non-hydrogen) atoms. The van der Waals surface area contributed by atoms with Crippen LogP contribution in [0.1, 0.15) is 27.2 Å². The average molecular weight is 529 g/mol. The van der Waals surface area contributed by atoms with Gasteiger partial charge in [0.15, 0.2) is 17.4 Å². The summed E-state index contributed by atoms with van der Waals surface area (Å²) in [4.78, 5) is 27.7. The molecule has 2 aromatic heterocycles. The van der Waals surface area contributed by atoms with Crippen molar-refractivity contribution in [1.82, 2.24) is 30.5 Å². The van der Waals surface area contributed by atoms with Crippen LogP contribution >= 0.6 is 11.6 Å². The van der Waals surface area contributed by atoms with E-state index in [0.717, 1.165) is 17.1 Å². The maximum Gasteiger partial charge on any atom is 0.407 e. The number of nitrogens with zero attached hydrogens (tertiary/aromatic N) is 5. The summed E-state index contributed by atoms with van der Waals surface area (Å²) >= 11 is 5.60. The number of amides is 1. The van der Waals surface area contributed by atoms with Crippen molar-refractivity contribution in [3.05, 3.63) is 46.9 Å². The van der Waals surface area contributed by atoms with E-state index in [4.69, 9.17) is 26.2 Å². The van der Waals surface area contributed by atoms with E-state index in [0.29, 0.717) is 12.1 Å². The van der Waals surface area contributed by atoms with Gasteiger partial charge >= 0.3 is 12.1 Å². The van der Waals surface area contributed by atoms with Crippen LogP contribution in [0.2, 0.25) is 5.02 Å². The Morgan fingerprint density at radius 3 is 2.53 bits per heavy atom. The van der Waals surface area contributed by atoms with E-state index in [2.05, 4.69) is 25.7 Å². The van der Waals surface area contributed by atoms with Crippen LogP contribution in [0.5, 0.6) is 11.6 Å². The van der Waals surface area contributed by atoms with Crippen molar-refractivity contribution in [2.75, 3.05) is 0 Å². The summed E-state index contributed by atoms with van der Waals surface area (Å²) in [6.45, 7) is 4.65. The van der Waals surface area contributed by atoms with Gasteiger partial charge in [-0.2, -0.15) is 4.80 Å². The summed E-state index contributed by atoms with van der Waals surface area (Å²) in [7, 11) is 0. The zero-order valence-electron chi connectivity index (χ0n) is 19.1. The molecular weight excluding hydrogens is 509 g/mol. The third kappa shape index (κ3) is 7.28. The lowest BCUT2D eigenvalue weighted by molar-refractivity contribution is -0.137. The van der Waals surface area contributed by atoms with Crippen molar-refractivity contribution in [3.8, 4) is 23.0 Å². The Labute approximate surface area is 207 Å². The first-order valence-electron chi connectivity index (χ1n) is 10.3. The van der Waals surface area contributed by atoms with Gasteiger partial charge in [-0.1, -0.05) is 11.6 Å². The Kier molecular flexibility index (Phi) is 7.97. The number of carboxylic acids is 1. The van der Waals surface area contributed by atoms with Gasteiger partial charge in [-0.05, 0) is 38.1 Å². The van der Waals surface area contributed by atoms with Crippen LogP contribution < -0.4 is 10.1 Å². The number of alkyl carbamates (subject to hydrolysis) is 1. The van der Waals surface area contributed by atoms with Crippen LogP contribution in [0.4, 0.5) is 18.0 Å². The number of halogens is 4. The summed E-state index contributed by atoms with van der Waals surface area (Å²) in [5.41, 5.74) is -1.21. The third-order valence-corrected chi connectivity index (χ3v) is 4.43. The molecule has 0 aliphatic rings. The number of aliphatic carboxylic acids is 1. The number of nitrogens with one attached hydrogen (secondary N) is 1. The molecule has 1 atom stereocenters. The minimum atomic E-state index is -1.22. The minimum absolute atomic E-state index is 0.0112. The highest BCUT2D eigenvalue weighted by atomic mass is 35.5. The van der Waals surface area contributed by atoms with Crippen molar-refractivity contribution in [2.45, 2.75) is 45.4 Å².